The van der Waals surface area contributed by atoms with E-state index >= 15 is 0 Å². The summed E-state index contributed by atoms with van der Waals surface area (Å²) in [7, 11) is 3.86. The molecule has 0 aliphatic carbocycles. The molecule has 1 amide bonds. The molecule has 140 valence electrons. The first-order valence-corrected chi connectivity index (χ1v) is 8.00. The minimum absolute atomic E-state index is 0.204. The zero-order chi connectivity index (χ0) is 19.3. The SMILES string of the molecule is CC(Nc1ccc(C(F)(F)F)cn1)C(=O)NCc1cccc(N(C)C)c1. The number of aromatic nitrogens is 1. The second kappa shape index (κ2) is 8.07. The maximum atomic E-state index is 12.5. The number of nitrogens with zero attached hydrogens (tertiary/aromatic N) is 2. The average molecular weight is 366 g/mol. The Bertz CT molecular complexity index is 745. The fourth-order valence-corrected chi connectivity index (χ4v) is 2.22. The molecule has 1 atom stereocenters. The minimum atomic E-state index is -4.43. The summed E-state index contributed by atoms with van der Waals surface area (Å²) in [6.45, 7) is 1.97. The van der Waals surface area contributed by atoms with Gasteiger partial charge in [-0.25, -0.2) is 4.98 Å². The molecule has 1 aromatic carbocycles. The number of pyridine rings is 1. The van der Waals surface area contributed by atoms with Crippen LogP contribution >= 0.6 is 0 Å². The molecule has 0 bridgehead atoms. The van der Waals surface area contributed by atoms with Crippen LogP contribution in [-0.4, -0.2) is 31.0 Å². The van der Waals surface area contributed by atoms with Gasteiger partial charge in [0.15, 0.2) is 0 Å². The van der Waals surface area contributed by atoms with Crippen LogP contribution in [0, 0.1) is 0 Å². The van der Waals surface area contributed by atoms with E-state index in [4.69, 9.17) is 0 Å². The van der Waals surface area contributed by atoms with Crippen molar-refractivity contribution in [2.45, 2.75) is 25.7 Å². The number of halogens is 3. The molecule has 2 aromatic rings. The van der Waals surface area contributed by atoms with E-state index in [1.165, 1.54) is 6.07 Å². The smallest absolute Gasteiger partial charge is 0.378 e. The topological polar surface area (TPSA) is 57.3 Å². The van der Waals surface area contributed by atoms with E-state index in [1.54, 1.807) is 6.92 Å². The van der Waals surface area contributed by atoms with Gasteiger partial charge in [-0.15, -0.1) is 0 Å². The standard InChI is InChI=1S/C18H21F3N4O/c1-12(24-16-8-7-14(11-22-16)18(19,20)21)17(26)23-10-13-5-4-6-15(9-13)25(2)3/h4-9,11-12H,10H2,1-3H3,(H,22,24)(H,23,26). The first kappa shape index (κ1) is 19.6. The normalized spacial score (nSPS) is 12.4. The van der Waals surface area contributed by atoms with E-state index in [1.807, 2.05) is 43.3 Å². The number of amides is 1. The zero-order valence-corrected chi connectivity index (χ0v) is 14.8. The van der Waals surface area contributed by atoms with Crippen LogP contribution in [0.2, 0.25) is 0 Å². The van der Waals surface area contributed by atoms with Crippen molar-refractivity contribution in [3.8, 4) is 0 Å². The van der Waals surface area contributed by atoms with Crippen molar-refractivity contribution in [1.29, 1.82) is 0 Å². The van der Waals surface area contributed by atoms with Gasteiger partial charge in [0.2, 0.25) is 5.91 Å². The van der Waals surface area contributed by atoms with Crippen LogP contribution in [0.1, 0.15) is 18.1 Å². The molecule has 0 aliphatic rings. The Morgan fingerprint density at radius 1 is 1.23 bits per heavy atom. The number of anilines is 2. The lowest BCUT2D eigenvalue weighted by Crippen LogP contribution is -2.37. The summed E-state index contributed by atoms with van der Waals surface area (Å²) < 4.78 is 37.6. The molecule has 5 nitrogen and oxygen atoms in total. The Hall–Kier alpha value is -2.77. The largest absolute Gasteiger partial charge is 0.417 e. The molecule has 0 radical (unpaired) electrons. The number of nitrogens with one attached hydrogen (secondary N) is 2. The van der Waals surface area contributed by atoms with Crippen molar-refractivity contribution < 1.29 is 18.0 Å². The highest BCUT2D eigenvalue weighted by Gasteiger charge is 2.30. The summed E-state index contributed by atoms with van der Waals surface area (Å²) in [4.78, 5) is 17.8. The Morgan fingerprint density at radius 2 is 1.96 bits per heavy atom. The molecule has 1 aromatic heterocycles. The van der Waals surface area contributed by atoms with E-state index < -0.39 is 17.8 Å². The summed E-state index contributed by atoms with van der Waals surface area (Å²) in [5.41, 5.74) is 1.14. The fourth-order valence-electron chi connectivity index (χ4n) is 2.22. The van der Waals surface area contributed by atoms with Gasteiger partial charge >= 0.3 is 6.18 Å². The van der Waals surface area contributed by atoms with E-state index in [2.05, 4.69) is 15.6 Å². The first-order chi connectivity index (χ1) is 12.2. The highest BCUT2D eigenvalue weighted by atomic mass is 19.4. The molecule has 2 rings (SSSR count). The quantitative estimate of drug-likeness (QED) is 0.824. The van der Waals surface area contributed by atoms with Crippen LogP contribution < -0.4 is 15.5 Å². The van der Waals surface area contributed by atoms with Gasteiger partial charge in [0.05, 0.1) is 5.56 Å². The van der Waals surface area contributed by atoms with E-state index in [9.17, 15) is 18.0 Å². The van der Waals surface area contributed by atoms with Crippen molar-refractivity contribution >= 4 is 17.4 Å². The Kier molecular flexibility index (Phi) is 6.07. The lowest BCUT2D eigenvalue weighted by atomic mass is 10.2. The van der Waals surface area contributed by atoms with Crippen LogP contribution in [0.5, 0.6) is 0 Å². The van der Waals surface area contributed by atoms with Gasteiger partial charge in [0, 0.05) is 32.5 Å². The van der Waals surface area contributed by atoms with Crippen molar-refractivity contribution in [1.82, 2.24) is 10.3 Å². The molecule has 0 aliphatic heterocycles. The van der Waals surface area contributed by atoms with Gasteiger partial charge < -0.3 is 15.5 Å². The third kappa shape index (κ3) is 5.37. The maximum Gasteiger partial charge on any atom is 0.417 e. The summed E-state index contributed by atoms with van der Waals surface area (Å²) in [5, 5.41) is 5.58. The first-order valence-electron chi connectivity index (χ1n) is 8.00. The van der Waals surface area contributed by atoms with Gasteiger partial charge in [-0.3, -0.25) is 4.79 Å². The lowest BCUT2D eigenvalue weighted by Gasteiger charge is -2.16. The van der Waals surface area contributed by atoms with Crippen LogP contribution in [0.3, 0.4) is 0 Å². The summed E-state index contributed by atoms with van der Waals surface area (Å²) in [6, 6.07) is 9.23. The molecule has 2 N–H and O–H groups in total. The second-order valence-electron chi connectivity index (χ2n) is 6.08. The van der Waals surface area contributed by atoms with Crippen LogP contribution in [0.4, 0.5) is 24.7 Å². The fraction of sp³-hybridized carbons (Fsp3) is 0.333. The summed E-state index contributed by atoms with van der Waals surface area (Å²) >= 11 is 0. The van der Waals surface area contributed by atoms with Gasteiger partial charge in [-0.1, -0.05) is 12.1 Å². The third-order valence-electron chi connectivity index (χ3n) is 3.74. The highest BCUT2D eigenvalue weighted by Crippen LogP contribution is 2.28. The number of carbonyl (C=O) groups is 1. The number of benzene rings is 1. The number of carbonyl (C=O) groups excluding carboxylic acids is 1. The van der Waals surface area contributed by atoms with E-state index in [0.717, 1.165) is 23.5 Å². The third-order valence-corrected chi connectivity index (χ3v) is 3.74. The average Bonchev–Trinajstić information content (AvgIpc) is 2.59. The van der Waals surface area contributed by atoms with E-state index in [0.29, 0.717) is 6.54 Å². The molecule has 0 spiro atoms. The Labute approximate surface area is 150 Å². The van der Waals surface area contributed by atoms with Crippen molar-refractivity contribution in [3.05, 3.63) is 53.7 Å². The monoisotopic (exact) mass is 366 g/mol. The molecule has 1 heterocycles. The molecule has 0 fully saturated rings. The minimum Gasteiger partial charge on any atom is -0.378 e. The summed E-state index contributed by atoms with van der Waals surface area (Å²) in [5.74, 6) is -0.0720. The van der Waals surface area contributed by atoms with Gasteiger partial charge in [0.25, 0.3) is 0 Å². The molecular weight excluding hydrogens is 345 g/mol. The maximum absolute atomic E-state index is 12.5. The van der Waals surface area contributed by atoms with Crippen LogP contribution in [-0.2, 0) is 17.5 Å². The lowest BCUT2D eigenvalue weighted by molar-refractivity contribution is -0.137. The number of rotatable bonds is 6. The van der Waals surface area contributed by atoms with Gasteiger partial charge in [0.1, 0.15) is 11.9 Å². The number of hydrogen-bond acceptors (Lipinski definition) is 4. The molecule has 26 heavy (non-hydrogen) atoms. The zero-order valence-electron chi connectivity index (χ0n) is 14.8. The molecular formula is C18H21F3N4O. The highest BCUT2D eigenvalue weighted by molar-refractivity contribution is 5.83. The number of hydrogen-bond donors (Lipinski definition) is 2. The number of alkyl halides is 3. The van der Waals surface area contributed by atoms with Crippen LogP contribution in [0.15, 0.2) is 42.6 Å². The molecule has 0 saturated heterocycles. The van der Waals surface area contributed by atoms with Gasteiger partial charge in [-0.2, -0.15) is 13.2 Å². The second-order valence-corrected chi connectivity index (χ2v) is 6.08. The molecule has 1 unspecified atom stereocenters. The predicted molar refractivity (Wildman–Crippen MR) is 94.9 cm³/mol. The summed E-state index contributed by atoms with van der Waals surface area (Å²) in [6.07, 6.45) is -3.70. The van der Waals surface area contributed by atoms with Gasteiger partial charge in [-0.05, 0) is 36.8 Å². The Morgan fingerprint density at radius 3 is 2.54 bits per heavy atom. The van der Waals surface area contributed by atoms with E-state index in [-0.39, 0.29) is 11.7 Å². The Balaban J connectivity index is 1.90. The predicted octanol–water partition coefficient (Wildman–Crippen LogP) is 3.28. The van der Waals surface area contributed by atoms with Crippen molar-refractivity contribution in [2.24, 2.45) is 0 Å². The van der Waals surface area contributed by atoms with Crippen LogP contribution in [0.25, 0.3) is 0 Å². The van der Waals surface area contributed by atoms with Crippen molar-refractivity contribution in [2.75, 3.05) is 24.3 Å². The van der Waals surface area contributed by atoms with Crippen molar-refractivity contribution in [3.63, 3.8) is 0 Å². The molecule has 0 saturated carbocycles. The molecule has 8 heteroatoms.